The van der Waals surface area contributed by atoms with Crippen LogP contribution in [0.25, 0.3) is 65.3 Å². The molecule has 2 heterocycles. The first-order valence-electron chi connectivity index (χ1n) is 19.9. The Bertz CT molecular complexity index is 2870. The van der Waals surface area contributed by atoms with Crippen LogP contribution in [0.2, 0.25) is 0 Å². The molecule has 0 saturated carbocycles. The van der Waals surface area contributed by atoms with Gasteiger partial charge >= 0.3 is 52.3 Å². The van der Waals surface area contributed by atoms with E-state index in [1.54, 1.807) is 47.0 Å². The first-order chi connectivity index (χ1) is 31.5. The summed E-state index contributed by atoms with van der Waals surface area (Å²) in [5, 5.41) is 8.87. The predicted octanol–water partition coefficient (Wildman–Crippen LogP) is 16.8. The predicted molar refractivity (Wildman–Crippen MR) is 281 cm³/mol. The summed E-state index contributed by atoms with van der Waals surface area (Å²) >= 11 is 11.3. The van der Waals surface area contributed by atoms with Gasteiger partial charge in [-0.15, -0.1) is 59.2 Å². The number of hydrogen-bond donors (Lipinski definition) is 0. The molecule has 0 spiro atoms. The fraction of sp³-hybridized carbons (Fsp3) is 0.0800. The van der Waals surface area contributed by atoms with Gasteiger partial charge in [-0.25, -0.2) is 0 Å². The van der Waals surface area contributed by atoms with E-state index >= 15 is 0 Å². The normalized spacial score (nSPS) is 13.2. The molecular formula is C50H37IO6P2PdS4+2. The molecule has 0 atom stereocenters. The van der Waals surface area contributed by atoms with Gasteiger partial charge in [0.05, 0.1) is 31.1 Å². The Balaban J connectivity index is 0.00000239. The van der Waals surface area contributed by atoms with Gasteiger partial charge in [-0.2, -0.15) is 6.07 Å². The molecule has 0 amide bonds. The van der Waals surface area contributed by atoms with Crippen molar-refractivity contribution in [3.63, 3.8) is 0 Å². The molecule has 64 heavy (non-hydrogen) atoms. The van der Waals surface area contributed by atoms with E-state index in [-0.39, 0.29) is 0 Å². The van der Waals surface area contributed by atoms with Crippen molar-refractivity contribution >= 4 is 127 Å². The molecule has 0 N–H and O–H groups in total. The Labute approximate surface area is 412 Å². The van der Waals surface area contributed by atoms with Crippen molar-refractivity contribution < 1.29 is 42.7 Å². The quantitative estimate of drug-likeness (QED) is 0.0483. The molecule has 9 aromatic carbocycles. The molecule has 11 rings (SSSR count). The summed E-state index contributed by atoms with van der Waals surface area (Å²) in [4.78, 5) is 4.01. The molecule has 322 valence electrons. The van der Waals surface area contributed by atoms with Crippen LogP contribution in [0.5, 0.6) is 34.5 Å². The van der Waals surface area contributed by atoms with E-state index in [0.717, 1.165) is 108 Å². The number of benzene rings is 9. The summed E-state index contributed by atoms with van der Waals surface area (Å²) in [5.74, 6) is 3.83. The van der Waals surface area contributed by atoms with E-state index in [1.807, 2.05) is 37.7 Å². The first-order valence-corrected chi connectivity index (χ1v) is 31.9. The monoisotopic (exact) mass is 1160 g/mol. The molecule has 2 aliphatic heterocycles. The molecule has 6 nitrogen and oxygen atoms in total. The summed E-state index contributed by atoms with van der Waals surface area (Å²) in [6.07, 6.45) is 8.30. The summed E-state index contributed by atoms with van der Waals surface area (Å²) in [5.41, 5.74) is 4.01. The van der Waals surface area contributed by atoms with Crippen LogP contribution in [0, 0.1) is 6.07 Å². The minimum atomic E-state index is -2.53. The van der Waals surface area contributed by atoms with Gasteiger partial charge in [-0.3, -0.25) is 18.1 Å². The second-order valence-corrected chi connectivity index (χ2v) is 20.1. The van der Waals surface area contributed by atoms with Gasteiger partial charge in [-0.1, -0.05) is 103 Å². The van der Waals surface area contributed by atoms with Gasteiger partial charge in [0.1, 0.15) is 0 Å². The summed E-state index contributed by atoms with van der Waals surface area (Å²) in [6, 6.07) is 51.6. The zero-order chi connectivity index (χ0) is 43.9. The van der Waals surface area contributed by atoms with Gasteiger partial charge < -0.3 is 9.05 Å². The van der Waals surface area contributed by atoms with Crippen molar-refractivity contribution in [3.05, 3.63) is 146 Å². The Hall–Kier alpha value is -3.53. The number of halogens is 1. The standard InChI is InChI=1S/C50H37O6P2S4.HI.Pd/c1-59-39-24-29-14-5-9-20-35(29)43-44-36-21-10-6-15-30(36)25-40(60-2)48(44)54-57(53-47(39)43)51-33-18-13-19-34(28-33)52-58-55-49-41(61-3)26-31-16-7-11-22-37(31)45(49)46-38-23-12-8-17-32(38)27-42(62-4)50(46)56-58;;/h5-27,57-58H,1-4H3;1H;/q+1;;+2/p-1. The fourth-order valence-electron chi connectivity index (χ4n) is 8.40. The van der Waals surface area contributed by atoms with Crippen molar-refractivity contribution in [2.45, 2.75) is 19.6 Å². The van der Waals surface area contributed by atoms with Crippen molar-refractivity contribution in [2.24, 2.45) is 0 Å². The Kier molecular flexibility index (Phi) is 13.4. The third kappa shape index (κ3) is 8.09. The molecule has 0 radical (unpaired) electrons. The summed E-state index contributed by atoms with van der Waals surface area (Å²) in [7, 11) is -5.05. The van der Waals surface area contributed by atoms with E-state index in [4.69, 9.17) is 27.1 Å². The molecule has 0 aromatic heterocycles. The number of fused-ring (bicyclic) bond motifs is 14. The molecule has 0 bridgehead atoms. The molecule has 0 unspecified atom stereocenters. The van der Waals surface area contributed by atoms with Crippen LogP contribution in [-0.4, -0.2) is 25.0 Å². The first kappa shape index (κ1) is 44.3. The Morgan fingerprint density at radius 2 is 0.672 bits per heavy atom. The second kappa shape index (κ2) is 19.4. The number of thioether (sulfide) groups is 4. The van der Waals surface area contributed by atoms with Crippen LogP contribution in [0.15, 0.2) is 159 Å². The summed E-state index contributed by atoms with van der Waals surface area (Å²) < 4.78 is 41.3. The van der Waals surface area contributed by atoms with Crippen LogP contribution in [-0.2, 0) is 15.6 Å². The maximum atomic E-state index is 6.95. The number of rotatable bonds is 8. The second-order valence-electron chi connectivity index (χ2n) is 14.5. The molecule has 2 aliphatic rings. The minimum absolute atomic E-state index is 0.419. The van der Waals surface area contributed by atoms with Crippen LogP contribution in [0.4, 0.5) is 0 Å². The Morgan fingerprint density at radius 3 is 0.938 bits per heavy atom. The number of hydrogen-bond acceptors (Lipinski definition) is 10. The van der Waals surface area contributed by atoms with E-state index < -0.39 is 17.2 Å². The maximum absolute atomic E-state index is 6.95. The molecule has 0 saturated heterocycles. The molecule has 0 aliphatic carbocycles. The zero-order valence-corrected chi connectivity index (χ0v) is 43.5. The SMILES string of the molecule is CSc1cc2ccccc2c2c1O[PH+](Oc1[c-]c(O[PH+]3Oc4c(SC)cc5ccccc5c4-c4c(c(SC)cc5ccccc45)O3)ccc1)Oc1c(SC)cc3ccccc3c1-2.[Pd+][I]. The van der Waals surface area contributed by atoms with Gasteiger partial charge in [0, 0.05) is 22.3 Å². The van der Waals surface area contributed by atoms with Gasteiger partial charge in [0.25, 0.3) is 0 Å². The van der Waals surface area contributed by atoms with Crippen molar-refractivity contribution in [1.82, 2.24) is 0 Å². The van der Waals surface area contributed by atoms with Crippen molar-refractivity contribution in [2.75, 3.05) is 25.0 Å². The van der Waals surface area contributed by atoms with Gasteiger partial charge in [-0.05, 0) is 92.4 Å². The van der Waals surface area contributed by atoms with E-state index in [9.17, 15) is 0 Å². The topological polar surface area (TPSA) is 55.4 Å². The van der Waals surface area contributed by atoms with Gasteiger partial charge in [0.2, 0.25) is 23.0 Å². The fourth-order valence-corrected chi connectivity index (χ4v) is 13.4. The molecular weight excluding hydrogens is 1120 g/mol. The van der Waals surface area contributed by atoms with E-state index in [1.165, 1.54) is 0 Å². The average Bonchev–Trinajstić information content (AvgIpc) is 3.62. The van der Waals surface area contributed by atoms with Crippen molar-refractivity contribution in [1.29, 1.82) is 0 Å². The van der Waals surface area contributed by atoms with E-state index in [0.29, 0.717) is 11.5 Å². The molecule has 14 heteroatoms. The van der Waals surface area contributed by atoms with Crippen molar-refractivity contribution in [3.8, 4) is 56.8 Å². The third-order valence-electron chi connectivity index (χ3n) is 11.1. The van der Waals surface area contributed by atoms with Crippen LogP contribution in [0.1, 0.15) is 0 Å². The van der Waals surface area contributed by atoms with E-state index in [2.05, 4.69) is 168 Å². The molecule has 0 fully saturated rings. The average molecular weight is 1160 g/mol. The van der Waals surface area contributed by atoms with Crippen LogP contribution < -0.4 is 27.1 Å². The van der Waals surface area contributed by atoms with Gasteiger partial charge in [0.15, 0.2) is 0 Å². The third-order valence-corrected chi connectivity index (χ3v) is 16.3. The molecule has 9 aromatic rings. The zero-order valence-electron chi connectivity index (χ0n) is 34.6. The summed E-state index contributed by atoms with van der Waals surface area (Å²) in [6.45, 7) is 0. The Morgan fingerprint density at radius 1 is 0.406 bits per heavy atom. The van der Waals surface area contributed by atoms with Crippen LogP contribution in [0.3, 0.4) is 0 Å². The van der Waals surface area contributed by atoms with Crippen LogP contribution >= 0.6 is 83.8 Å².